The monoisotopic (exact) mass is 214 g/mol. The molecule has 14 heavy (non-hydrogen) atoms. The molecule has 0 radical (unpaired) electrons. The van der Waals surface area contributed by atoms with Crippen LogP contribution in [0.2, 0.25) is 0 Å². The molecule has 0 aliphatic heterocycles. The van der Waals surface area contributed by atoms with Crippen LogP contribution in [0, 0.1) is 5.41 Å². The Balaban J connectivity index is 2.74. The van der Waals surface area contributed by atoms with Crippen LogP contribution in [0.3, 0.4) is 0 Å². The second kappa shape index (κ2) is 3.97. The van der Waals surface area contributed by atoms with E-state index in [1.807, 2.05) is 0 Å². The van der Waals surface area contributed by atoms with Crippen molar-refractivity contribution in [1.82, 2.24) is 4.72 Å². The van der Waals surface area contributed by atoms with Crippen molar-refractivity contribution in [2.45, 2.75) is 0 Å². The fourth-order valence-corrected chi connectivity index (χ4v) is 1.62. The molecule has 6 nitrogen and oxygen atoms in total. The van der Waals surface area contributed by atoms with Crippen LogP contribution < -0.4 is 15.2 Å². The third-order valence-corrected chi connectivity index (χ3v) is 2.26. The van der Waals surface area contributed by atoms with Crippen molar-refractivity contribution in [3.05, 3.63) is 30.3 Å². The first-order valence-corrected chi connectivity index (χ1v) is 5.17. The minimum Gasteiger partial charge on any atom is -0.369 e. The Kier molecular flexibility index (Phi) is 2.92. The van der Waals surface area contributed by atoms with E-state index in [1.165, 1.54) is 0 Å². The van der Waals surface area contributed by atoms with Gasteiger partial charge in [-0.1, -0.05) is 18.2 Å². The third-order valence-electron chi connectivity index (χ3n) is 1.27. The first kappa shape index (κ1) is 10.3. The summed E-state index contributed by atoms with van der Waals surface area (Å²) in [6, 6.07) is 8.30. The van der Waals surface area contributed by atoms with E-state index in [0.29, 0.717) is 5.69 Å². The van der Waals surface area contributed by atoms with Crippen molar-refractivity contribution in [3.8, 4) is 0 Å². The minimum absolute atomic E-state index is 0.404. The van der Waals surface area contributed by atoms with Gasteiger partial charge in [-0.25, -0.2) is 4.72 Å². The van der Waals surface area contributed by atoms with Crippen LogP contribution in [0.15, 0.2) is 30.3 Å². The highest BCUT2D eigenvalue weighted by atomic mass is 32.2. The standard InChI is InChI=1S/C7H10N4O2S/c8-7(9)11-14(12,13)10-6-4-2-1-3-5-6/h1-5,10H,(H4,8,9,11). The molecule has 1 rings (SSSR count). The molecule has 0 spiro atoms. The van der Waals surface area contributed by atoms with Crippen molar-refractivity contribution < 1.29 is 8.42 Å². The van der Waals surface area contributed by atoms with Crippen LogP contribution in [0.4, 0.5) is 5.69 Å². The molecule has 0 unspecified atom stereocenters. The molecular weight excluding hydrogens is 204 g/mol. The molecule has 5 N–H and O–H groups in total. The van der Waals surface area contributed by atoms with Crippen LogP contribution in [0.5, 0.6) is 0 Å². The quantitative estimate of drug-likeness (QED) is 0.414. The van der Waals surface area contributed by atoms with Crippen molar-refractivity contribution in [2.75, 3.05) is 4.72 Å². The zero-order valence-corrected chi connectivity index (χ0v) is 8.01. The molecule has 1 aromatic carbocycles. The first-order valence-electron chi connectivity index (χ1n) is 3.69. The van der Waals surface area contributed by atoms with Gasteiger partial charge in [0.2, 0.25) is 5.96 Å². The number of anilines is 1. The summed E-state index contributed by atoms with van der Waals surface area (Å²) in [7, 11) is -3.78. The number of benzene rings is 1. The third kappa shape index (κ3) is 3.31. The van der Waals surface area contributed by atoms with Crippen LogP contribution >= 0.6 is 0 Å². The predicted molar refractivity (Wildman–Crippen MR) is 54.0 cm³/mol. The van der Waals surface area contributed by atoms with E-state index in [1.54, 1.807) is 35.1 Å². The minimum atomic E-state index is -3.78. The number of hydrogen-bond donors (Lipinski definition) is 4. The molecule has 76 valence electrons. The summed E-state index contributed by atoms with van der Waals surface area (Å²) in [5, 5.41) is 6.76. The van der Waals surface area contributed by atoms with E-state index in [4.69, 9.17) is 11.1 Å². The van der Waals surface area contributed by atoms with Crippen LogP contribution in [-0.2, 0) is 10.2 Å². The Morgan fingerprint density at radius 1 is 1.29 bits per heavy atom. The Hall–Kier alpha value is -1.76. The Morgan fingerprint density at radius 3 is 2.36 bits per heavy atom. The van der Waals surface area contributed by atoms with Gasteiger partial charge in [-0.15, -0.1) is 0 Å². The van der Waals surface area contributed by atoms with E-state index in [0.717, 1.165) is 0 Å². The van der Waals surface area contributed by atoms with Crippen LogP contribution in [0.25, 0.3) is 0 Å². The predicted octanol–water partition coefficient (Wildman–Crippen LogP) is -0.174. The maximum absolute atomic E-state index is 11.2. The highest BCUT2D eigenvalue weighted by Gasteiger charge is 2.08. The second-order valence-electron chi connectivity index (χ2n) is 2.49. The van der Waals surface area contributed by atoms with E-state index in [2.05, 4.69) is 4.72 Å². The molecule has 0 aromatic heterocycles. The molecule has 0 aliphatic carbocycles. The average molecular weight is 214 g/mol. The lowest BCUT2D eigenvalue weighted by atomic mass is 10.3. The maximum Gasteiger partial charge on any atom is 0.323 e. The molecule has 0 saturated heterocycles. The molecule has 0 bridgehead atoms. The number of nitrogens with one attached hydrogen (secondary N) is 3. The molecular formula is C7H10N4O2S. The Morgan fingerprint density at radius 2 is 1.86 bits per heavy atom. The number of rotatable bonds is 3. The molecule has 0 aliphatic rings. The molecule has 1 aromatic rings. The van der Waals surface area contributed by atoms with Crippen LogP contribution in [-0.4, -0.2) is 14.4 Å². The maximum atomic E-state index is 11.2. The lowest BCUT2D eigenvalue weighted by Crippen LogP contribution is -2.39. The van der Waals surface area contributed by atoms with Gasteiger partial charge in [-0.05, 0) is 12.1 Å². The molecule has 0 saturated carbocycles. The Bertz CT molecular complexity index is 415. The van der Waals surface area contributed by atoms with Gasteiger partial charge in [-0.3, -0.25) is 10.1 Å². The van der Waals surface area contributed by atoms with Gasteiger partial charge in [-0.2, -0.15) is 8.42 Å². The second-order valence-corrected chi connectivity index (χ2v) is 3.90. The summed E-state index contributed by atoms with van der Waals surface area (Å²) < 4.78 is 26.3. The molecule has 0 heterocycles. The lowest BCUT2D eigenvalue weighted by Gasteiger charge is -2.07. The molecule has 7 heteroatoms. The topological polar surface area (TPSA) is 108 Å². The van der Waals surface area contributed by atoms with E-state index < -0.39 is 16.2 Å². The lowest BCUT2D eigenvalue weighted by molar-refractivity contribution is 0.597. The van der Waals surface area contributed by atoms with E-state index >= 15 is 0 Å². The van der Waals surface area contributed by atoms with Crippen LogP contribution in [0.1, 0.15) is 0 Å². The summed E-state index contributed by atoms with van der Waals surface area (Å²) in [5.41, 5.74) is 5.29. The number of para-hydroxylation sites is 1. The van der Waals surface area contributed by atoms with Gasteiger partial charge < -0.3 is 5.73 Å². The van der Waals surface area contributed by atoms with Gasteiger partial charge in [0, 0.05) is 0 Å². The number of guanidine groups is 1. The van der Waals surface area contributed by atoms with Gasteiger partial charge in [0.05, 0.1) is 5.69 Å². The summed E-state index contributed by atoms with van der Waals surface area (Å²) in [6.45, 7) is 0. The average Bonchev–Trinajstić information content (AvgIpc) is 2.02. The van der Waals surface area contributed by atoms with Crippen molar-refractivity contribution in [1.29, 1.82) is 5.41 Å². The van der Waals surface area contributed by atoms with E-state index in [9.17, 15) is 8.42 Å². The zero-order chi connectivity index (χ0) is 10.6. The molecule has 0 atom stereocenters. The first-order chi connectivity index (χ1) is 6.49. The fraction of sp³-hybridized carbons (Fsp3) is 0. The van der Waals surface area contributed by atoms with Crippen molar-refractivity contribution in [3.63, 3.8) is 0 Å². The summed E-state index contributed by atoms with van der Waals surface area (Å²) in [6.07, 6.45) is 0. The smallest absolute Gasteiger partial charge is 0.323 e. The van der Waals surface area contributed by atoms with Crippen molar-refractivity contribution in [2.24, 2.45) is 5.73 Å². The number of hydrogen-bond acceptors (Lipinski definition) is 3. The largest absolute Gasteiger partial charge is 0.369 e. The van der Waals surface area contributed by atoms with Gasteiger partial charge in [0.25, 0.3) is 0 Å². The van der Waals surface area contributed by atoms with E-state index in [-0.39, 0.29) is 0 Å². The Labute approximate surface area is 81.8 Å². The SMILES string of the molecule is N=C(N)NS(=O)(=O)Nc1ccccc1. The summed E-state index contributed by atoms with van der Waals surface area (Å²) in [4.78, 5) is 0. The normalized spacial score (nSPS) is 10.6. The highest BCUT2D eigenvalue weighted by molar-refractivity contribution is 7.91. The summed E-state index contributed by atoms with van der Waals surface area (Å²) >= 11 is 0. The molecule has 0 fully saturated rings. The van der Waals surface area contributed by atoms with Gasteiger partial charge in [0.1, 0.15) is 0 Å². The highest BCUT2D eigenvalue weighted by Crippen LogP contribution is 2.05. The zero-order valence-electron chi connectivity index (χ0n) is 7.19. The molecule has 0 amide bonds. The fourth-order valence-electron chi connectivity index (χ4n) is 0.832. The van der Waals surface area contributed by atoms with Gasteiger partial charge >= 0.3 is 10.2 Å². The summed E-state index contributed by atoms with van der Waals surface area (Å²) in [5.74, 6) is -0.631. The van der Waals surface area contributed by atoms with Crippen molar-refractivity contribution >= 4 is 21.9 Å². The van der Waals surface area contributed by atoms with Gasteiger partial charge in [0.15, 0.2) is 0 Å². The number of nitrogens with two attached hydrogens (primary N) is 1.